The largest absolute Gasteiger partial charge is 0.493 e. The number of hydrogen-bond acceptors (Lipinski definition) is 9. The monoisotopic (exact) mass is 764 g/mol. The molecule has 56 heavy (non-hydrogen) atoms. The number of nitrogens with zero attached hydrogens (tertiary/aromatic N) is 7. The molecular weight excluding hydrogens is 722 g/mol. The number of hydrogen-bond donors (Lipinski definition) is 3. The molecule has 0 spiro atoms. The maximum Gasteiger partial charge on any atom is 0.247 e. The van der Waals surface area contributed by atoms with Crippen LogP contribution >= 0.6 is 0 Å². The average Bonchev–Trinajstić information content (AvgIpc) is 3.83. The quantitative estimate of drug-likeness (QED) is 0.108. The predicted molar refractivity (Wildman–Crippen MR) is 207 cm³/mol. The summed E-state index contributed by atoms with van der Waals surface area (Å²) in [6.45, 7) is 7.54. The van der Waals surface area contributed by atoms with E-state index >= 15 is 13.2 Å². The summed E-state index contributed by atoms with van der Waals surface area (Å²) in [7, 11) is 0. The van der Waals surface area contributed by atoms with Gasteiger partial charge in [-0.2, -0.15) is 5.10 Å². The molecule has 15 heteroatoms. The van der Waals surface area contributed by atoms with E-state index in [0.717, 1.165) is 27.7 Å². The highest BCUT2D eigenvalue weighted by Gasteiger charge is 2.41. The van der Waals surface area contributed by atoms with E-state index < -0.39 is 23.3 Å². The fraction of sp³-hybridized carbons (Fsp3) is 0.366. The van der Waals surface area contributed by atoms with E-state index in [0.29, 0.717) is 66.8 Å². The molecule has 0 radical (unpaired) electrons. The number of aromatic amines is 2. The molecule has 12 nitrogen and oxygen atoms in total. The normalized spacial score (nSPS) is 17.2. The lowest BCUT2D eigenvalue weighted by Gasteiger charge is -2.43. The fourth-order valence-corrected chi connectivity index (χ4v) is 7.86. The summed E-state index contributed by atoms with van der Waals surface area (Å²) in [5.74, 6) is -0.0249. The molecule has 6 aromatic rings. The zero-order valence-electron chi connectivity index (χ0n) is 31.7. The molecule has 2 aliphatic rings. The molecule has 0 bridgehead atoms. The first-order valence-corrected chi connectivity index (χ1v) is 18.9. The third-order valence-electron chi connectivity index (χ3n) is 10.4. The highest BCUT2D eigenvalue weighted by Crippen LogP contribution is 2.44. The average molecular weight is 765 g/mol. The smallest absolute Gasteiger partial charge is 0.247 e. The standard InChI is InChI=1S/C41H43F3N10O2/c1-23-16-28-27-10-6-7-11-31(27)50-36(28)37(54(23)21-41(3,4)44)35-29(42)17-25(18-30(35)43)56-15-9-5-8-14-53-34(55)20-46-39-40(53)51-33(19-45-39)26-12-13-32(49-24(26)2)38-47-22-48-52-38/h6-7,10-13,17-19,22-23,37,50H,5,8-9,14-16,20-21H2,1-4H3,(H,45,46)(H,47,48,52)/t23-,37-/m1/s1. The number of rotatable bonds is 12. The molecule has 1 amide bonds. The van der Waals surface area contributed by atoms with Gasteiger partial charge in [0.15, 0.2) is 17.5 Å². The molecule has 0 saturated carbocycles. The second kappa shape index (κ2) is 15.0. The number of aromatic nitrogens is 7. The third-order valence-corrected chi connectivity index (χ3v) is 10.4. The van der Waals surface area contributed by atoms with Crippen LogP contribution in [0.3, 0.4) is 0 Å². The van der Waals surface area contributed by atoms with Crippen LogP contribution in [0, 0.1) is 18.6 Å². The number of anilines is 2. The summed E-state index contributed by atoms with van der Waals surface area (Å²) in [5.41, 5.74) is 3.54. The number of nitrogens with one attached hydrogen (secondary N) is 3. The van der Waals surface area contributed by atoms with Gasteiger partial charge in [0.25, 0.3) is 0 Å². The van der Waals surface area contributed by atoms with Gasteiger partial charge >= 0.3 is 0 Å². The maximum absolute atomic E-state index is 16.1. The SMILES string of the molecule is Cc1nc(-c2ncn[nH]2)ccc1-c1cnc2c(n1)N(CCCCCOc1cc(F)c([C@@H]3c4[nH]c5ccccc5c4C[C@@H](C)N3CC(C)(C)F)c(F)c1)C(=O)CN2. The van der Waals surface area contributed by atoms with Crippen LogP contribution in [0.25, 0.3) is 33.7 Å². The molecule has 4 aromatic heterocycles. The van der Waals surface area contributed by atoms with Gasteiger partial charge in [-0.1, -0.05) is 18.2 Å². The van der Waals surface area contributed by atoms with Crippen molar-refractivity contribution in [2.45, 2.75) is 71.1 Å². The van der Waals surface area contributed by atoms with Gasteiger partial charge in [-0.3, -0.25) is 19.7 Å². The summed E-state index contributed by atoms with van der Waals surface area (Å²) in [5, 5.41) is 10.7. The van der Waals surface area contributed by atoms with Crippen molar-refractivity contribution in [2.24, 2.45) is 0 Å². The highest BCUT2D eigenvalue weighted by molar-refractivity contribution is 6.01. The number of H-pyrrole nitrogens is 2. The van der Waals surface area contributed by atoms with Crippen LogP contribution in [0.5, 0.6) is 5.75 Å². The molecule has 2 aliphatic heterocycles. The van der Waals surface area contributed by atoms with Gasteiger partial charge in [0.1, 0.15) is 35.1 Å². The Morgan fingerprint density at radius 2 is 1.80 bits per heavy atom. The molecule has 0 aliphatic carbocycles. The van der Waals surface area contributed by atoms with Gasteiger partial charge in [-0.05, 0) is 77.1 Å². The number of carbonyl (C=O) groups excluding carboxylic acids is 1. The van der Waals surface area contributed by atoms with Crippen LogP contribution < -0.4 is 15.0 Å². The summed E-state index contributed by atoms with van der Waals surface area (Å²) in [4.78, 5) is 38.1. The molecular formula is C41H43F3N10O2. The Balaban J connectivity index is 0.922. The van der Waals surface area contributed by atoms with Crippen LogP contribution in [0.2, 0.25) is 0 Å². The summed E-state index contributed by atoms with van der Waals surface area (Å²) in [6, 6.07) is 12.9. The zero-order chi connectivity index (χ0) is 39.1. The highest BCUT2D eigenvalue weighted by atomic mass is 19.1. The molecule has 3 N–H and O–H groups in total. The van der Waals surface area contributed by atoms with E-state index in [9.17, 15) is 4.79 Å². The zero-order valence-corrected chi connectivity index (χ0v) is 31.7. The second-order valence-corrected chi connectivity index (χ2v) is 15.1. The molecule has 0 saturated heterocycles. The molecule has 0 unspecified atom stereocenters. The van der Waals surface area contributed by atoms with E-state index in [4.69, 9.17) is 9.72 Å². The number of halogens is 3. The minimum Gasteiger partial charge on any atom is -0.493 e. The molecule has 290 valence electrons. The summed E-state index contributed by atoms with van der Waals surface area (Å²) < 4.78 is 53.2. The lowest BCUT2D eigenvalue weighted by atomic mass is 9.87. The lowest BCUT2D eigenvalue weighted by molar-refractivity contribution is -0.117. The Hall–Kier alpha value is -5.83. The van der Waals surface area contributed by atoms with E-state index in [1.54, 1.807) is 11.1 Å². The molecule has 2 aromatic carbocycles. The van der Waals surface area contributed by atoms with Crippen LogP contribution in [0.1, 0.15) is 68.6 Å². The number of para-hydroxylation sites is 1. The Morgan fingerprint density at radius 3 is 2.55 bits per heavy atom. The topological polar surface area (TPSA) is 141 Å². The van der Waals surface area contributed by atoms with E-state index in [1.807, 2.05) is 55.1 Å². The number of ether oxygens (including phenoxy) is 1. The Bertz CT molecular complexity index is 2370. The number of carbonyl (C=O) groups is 1. The van der Waals surface area contributed by atoms with Crippen molar-refractivity contribution in [3.8, 4) is 28.5 Å². The van der Waals surface area contributed by atoms with Crippen molar-refractivity contribution in [1.82, 2.24) is 40.0 Å². The van der Waals surface area contributed by atoms with E-state index in [-0.39, 0.29) is 43.0 Å². The molecule has 8 rings (SSSR count). The third kappa shape index (κ3) is 7.30. The minimum atomic E-state index is -1.59. The Kier molecular flexibility index (Phi) is 9.95. The van der Waals surface area contributed by atoms with Gasteiger partial charge in [0.2, 0.25) is 5.91 Å². The van der Waals surface area contributed by atoms with Crippen molar-refractivity contribution in [2.75, 3.05) is 36.5 Å². The van der Waals surface area contributed by atoms with Crippen LogP contribution in [0.15, 0.2) is 61.1 Å². The maximum atomic E-state index is 16.1. The van der Waals surface area contributed by atoms with Crippen LogP contribution in [-0.2, 0) is 11.2 Å². The number of amides is 1. The van der Waals surface area contributed by atoms with Crippen molar-refractivity contribution >= 4 is 28.4 Å². The van der Waals surface area contributed by atoms with E-state index in [2.05, 4.69) is 35.5 Å². The molecule has 0 fully saturated rings. The van der Waals surface area contributed by atoms with Gasteiger partial charge < -0.3 is 15.0 Å². The van der Waals surface area contributed by atoms with Gasteiger partial charge in [-0.15, -0.1) is 0 Å². The number of benzene rings is 2. The summed E-state index contributed by atoms with van der Waals surface area (Å²) in [6.07, 6.45) is 5.62. The predicted octanol–water partition coefficient (Wildman–Crippen LogP) is 7.48. The minimum absolute atomic E-state index is 0.0000416. The first-order valence-electron chi connectivity index (χ1n) is 18.9. The number of alkyl halides is 1. The van der Waals surface area contributed by atoms with Crippen LogP contribution in [0.4, 0.5) is 24.8 Å². The second-order valence-electron chi connectivity index (χ2n) is 15.1. The number of unbranched alkanes of at least 4 members (excludes halogenated alkanes) is 2. The number of fused-ring (bicyclic) bond motifs is 4. The number of pyridine rings is 1. The molecule has 6 heterocycles. The molecule has 2 atom stereocenters. The Morgan fingerprint density at radius 1 is 1.00 bits per heavy atom. The first kappa shape index (κ1) is 37.1. The fourth-order valence-electron chi connectivity index (χ4n) is 7.86. The Labute approximate surface area is 321 Å². The van der Waals surface area contributed by atoms with Crippen molar-refractivity contribution in [1.29, 1.82) is 0 Å². The van der Waals surface area contributed by atoms with Gasteiger partial charge in [0.05, 0.1) is 31.1 Å². The van der Waals surface area contributed by atoms with Crippen molar-refractivity contribution < 1.29 is 22.7 Å². The van der Waals surface area contributed by atoms with Crippen molar-refractivity contribution in [3.63, 3.8) is 0 Å². The van der Waals surface area contributed by atoms with Gasteiger partial charge in [-0.25, -0.2) is 33.1 Å². The summed E-state index contributed by atoms with van der Waals surface area (Å²) >= 11 is 0. The lowest BCUT2D eigenvalue weighted by Crippen LogP contribution is -2.48. The van der Waals surface area contributed by atoms with Crippen LogP contribution in [-0.4, -0.2) is 83.9 Å². The van der Waals surface area contributed by atoms with Gasteiger partial charge in [0, 0.05) is 64.7 Å². The van der Waals surface area contributed by atoms with Crippen molar-refractivity contribution in [3.05, 3.63) is 95.2 Å². The van der Waals surface area contributed by atoms with E-state index in [1.165, 1.54) is 32.3 Å². The first-order chi connectivity index (χ1) is 26.9. The number of aryl methyl sites for hydroxylation is 1.